The van der Waals surface area contributed by atoms with Crippen molar-refractivity contribution in [2.24, 2.45) is 4.99 Å². The SMILES string of the molecule is CN=C(NCc1ccc(OCc2ccccn2)cc1)NCC(CO)c1ccccc1.I. The Morgan fingerprint density at radius 2 is 1.74 bits per heavy atom. The standard InChI is InChI=1S/C24H28N4O2.HI/c1-25-24(28-16-21(17-29)20-7-3-2-4-8-20)27-15-19-10-12-23(13-11-19)30-18-22-9-5-6-14-26-22;/h2-14,21,29H,15-18H2,1H3,(H2,25,27,28);1H. The van der Waals surface area contributed by atoms with E-state index in [9.17, 15) is 5.11 Å². The number of hydrogen-bond acceptors (Lipinski definition) is 4. The largest absolute Gasteiger partial charge is 0.487 e. The van der Waals surface area contributed by atoms with Gasteiger partial charge in [-0.1, -0.05) is 48.5 Å². The molecule has 0 amide bonds. The Labute approximate surface area is 200 Å². The Bertz CT molecular complexity index is 906. The number of aliphatic imine (C=N–C) groups is 1. The van der Waals surface area contributed by atoms with Crippen LogP contribution >= 0.6 is 24.0 Å². The highest BCUT2D eigenvalue weighted by atomic mass is 127. The summed E-state index contributed by atoms with van der Waals surface area (Å²) in [6.45, 7) is 1.76. The molecule has 0 bridgehead atoms. The Hall–Kier alpha value is -2.65. The third-order valence-electron chi connectivity index (χ3n) is 4.73. The Kier molecular flexibility index (Phi) is 10.8. The highest BCUT2D eigenvalue weighted by molar-refractivity contribution is 14.0. The number of rotatable bonds is 9. The van der Waals surface area contributed by atoms with Gasteiger partial charge >= 0.3 is 0 Å². The zero-order valence-corrected chi connectivity index (χ0v) is 19.9. The Morgan fingerprint density at radius 3 is 2.39 bits per heavy atom. The molecule has 0 saturated carbocycles. The van der Waals surface area contributed by atoms with Gasteiger partial charge in [-0.25, -0.2) is 0 Å². The van der Waals surface area contributed by atoms with Crippen LogP contribution in [0.1, 0.15) is 22.7 Å². The third kappa shape index (κ3) is 8.18. The number of pyridine rings is 1. The van der Waals surface area contributed by atoms with E-state index < -0.39 is 0 Å². The van der Waals surface area contributed by atoms with E-state index in [0.29, 0.717) is 25.7 Å². The molecule has 0 aliphatic heterocycles. The van der Waals surface area contributed by atoms with Gasteiger partial charge in [0.05, 0.1) is 12.3 Å². The first-order valence-electron chi connectivity index (χ1n) is 10.0. The molecule has 1 atom stereocenters. The topological polar surface area (TPSA) is 78.8 Å². The summed E-state index contributed by atoms with van der Waals surface area (Å²) in [4.78, 5) is 8.52. The fraction of sp³-hybridized carbons (Fsp3) is 0.250. The van der Waals surface area contributed by atoms with Crippen LogP contribution in [0, 0.1) is 0 Å². The number of aliphatic hydroxyl groups excluding tert-OH is 1. The number of hydrogen-bond donors (Lipinski definition) is 3. The first-order chi connectivity index (χ1) is 14.8. The maximum Gasteiger partial charge on any atom is 0.191 e. The molecule has 3 rings (SSSR count). The van der Waals surface area contributed by atoms with Crippen molar-refractivity contribution in [3.05, 3.63) is 95.8 Å². The molecular weight excluding hydrogens is 503 g/mol. The molecule has 1 aromatic heterocycles. The summed E-state index contributed by atoms with van der Waals surface area (Å²) in [5, 5.41) is 16.3. The van der Waals surface area contributed by atoms with Crippen LogP contribution in [0.4, 0.5) is 0 Å². The van der Waals surface area contributed by atoms with Gasteiger partial charge in [0.1, 0.15) is 12.4 Å². The molecule has 0 aliphatic rings. The number of nitrogens with one attached hydrogen (secondary N) is 2. The molecule has 1 heterocycles. The summed E-state index contributed by atoms with van der Waals surface area (Å²) in [5.41, 5.74) is 3.11. The van der Waals surface area contributed by atoms with Gasteiger partial charge in [-0.15, -0.1) is 24.0 Å². The molecule has 6 nitrogen and oxygen atoms in total. The van der Waals surface area contributed by atoms with Crippen molar-refractivity contribution in [2.45, 2.75) is 19.1 Å². The van der Waals surface area contributed by atoms with E-state index in [-0.39, 0.29) is 36.5 Å². The summed E-state index contributed by atoms with van der Waals surface area (Å²) >= 11 is 0. The van der Waals surface area contributed by atoms with E-state index in [1.54, 1.807) is 13.2 Å². The molecule has 2 aromatic carbocycles. The predicted octanol–water partition coefficient (Wildman–Crippen LogP) is 3.72. The fourth-order valence-electron chi connectivity index (χ4n) is 2.98. The van der Waals surface area contributed by atoms with Crippen molar-refractivity contribution in [2.75, 3.05) is 20.2 Å². The molecule has 31 heavy (non-hydrogen) atoms. The van der Waals surface area contributed by atoms with Crippen LogP contribution in [0.5, 0.6) is 5.75 Å². The molecule has 1 unspecified atom stereocenters. The minimum absolute atomic E-state index is 0. The molecule has 3 aromatic rings. The number of aromatic nitrogens is 1. The number of halogens is 1. The van der Waals surface area contributed by atoms with Crippen LogP contribution in [0.15, 0.2) is 84.0 Å². The van der Waals surface area contributed by atoms with Crippen molar-refractivity contribution in [3.8, 4) is 5.75 Å². The predicted molar refractivity (Wildman–Crippen MR) is 135 cm³/mol. The molecule has 7 heteroatoms. The first-order valence-corrected chi connectivity index (χ1v) is 10.0. The van der Waals surface area contributed by atoms with Crippen molar-refractivity contribution in [1.29, 1.82) is 0 Å². The van der Waals surface area contributed by atoms with Crippen molar-refractivity contribution in [1.82, 2.24) is 15.6 Å². The number of benzene rings is 2. The van der Waals surface area contributed by atoms with E-state index in [1.807, 2.05) is 72.8 Å². The fourth-order valence-corrected chi connectivity index (χ4v) is 2.98. The van der Waals surface area contributed by atoms with Crippen LogP contribution < -0.4 is 15.4 Å². The van der Waals surface area contributed by atoms with Crippen LogP contribution in [0.25, 0.3) is 0 Å². The summed E-state index contributed by atoms with van der Waals surface area (Å²) < 4.78 is 5.77. The van der Waals surface area contributed by atoms with Gasteiger partial charge in [0.2, 0.25) is 0 Å². The summed E-state index contributed by atoms with van der Waals surface area (Å²) in [5.74, 6) is 1.51. The second-order valence-corrected chi connectivity index (χ2v) is 6.85. The minimum Gasteiger partial charge on any atom is -0.487 e. The summed E-state index contributed by atoms with van der Waals surface area (Å²) in [7, 11) is 1.74. The van der Waals surface area contributed by atoms with Gasteiger partial charge in [-0.3, -0.25) is 9.98 Å². The molecule has 0 aliphatic carbocycles. The first kappa shape index (κ1) is 24.6. The van der Waals surface area contributed by atoms with E-state index in [1.165, 1.54) is 0 Å². The molecule has 3 N–H and O–H groups in total. The number of nitrogens with zero attached hydrogens (tertiary/aromatic N) is 2. The number of guanidine groups is 1. The lowest BCUT2D eigenvalue weighted by Gasteiger charge is -2.18. The smallest absolute Gasteiger partial charge is 0.191 e. The highest BCUT2D eigenvalue weighted by Crippen LogP contribution is 2.14. The lowest BCUT2D eigenvalue weighted by Crippen LogP contribution is -2.39. The van der Waals surface area contributed by atoms with Gasteiger partial charge < -0.3 is 20.5 Å². The molecule has 0 saturated heterocycles. The van der Waals surface area contributed by atoms with E-state index in [2.05, 4.69) is 20.6 Å². The Balaban J connectivity index is 0.00000341. The molecule has 164 valence electrons. The van der Waals surface area contributed by atoms with Gasteiger partial charge in [-0.2, -0.15) is 0 Å². The average Bonchev–Trinajstić information content (AvgIpc) is 2.82. The Morgan fingerprint density at radius 1 is 1.00 bits per heavy atom. The minimum atomic E-state index is 0. The zero-order chi connectivity index (χ0) is 21.0. The average molecular weight is 532 g/mol. The zero-order valence-electron chi connectivity index (χ0n) is 17.6. The van der Waals surface area contributed by atoms with E-state index in [4.69, 9.17) is 4.74 Å². The number of aliphatic hydroxyl groups is 1. The third-order valence-corrected chi connectivity index (χ3v) is 4.73. The van der Waals surface area contributed by atoms with Gasteiger partial charge in [0.15, 0.2) is 5.96 Å². The normalized spacial score (nSPS) is 11.9. The molecular formula is C24H29IN4O2. The van der Waals surface area contributed by atoms with Gasteiger partial charge in [0, 0.05) is 32.3 Å². The lowest BCUT2D eigenvalue weighted by atomic mass is 10.0. The second-order valence-electron chi connectivity index (χ2n) is 6.85. The quantitative estimate of drug-likeness (QED) is 0.223. The molecule has 0 spiro atoms. The summed E-state index contributed by atoms with van der Waals surface area (Å²) in [6, 6.07) is 23.7. The van der Waals surface area contributed by atoms with E-state index >= 15 is 0 Å². The second kappa shape index (κ2) is 13.6. The van der Waals surface area contributed by atoms with Crippen molar-refractivity contribution >= 4 is 29.9 Å². The summed E-state index contributed by atoms with van der Waals surface area (Å²) in [6.07, 6.45) is 1.76. The van der Waals surface area contributed by atoms with Crippen molar-refractivity contribution < 1.29 is 9.84 Å². The van der Waals surface area contributed by atoms with Gasteiger partial charge in [-0.05, 0) is 35.4 Å². The number of ether oxygens (including phenoxy) is 1. The van der Waals surface area contributed by atoms with Crippen LogP contribution in [-0.2, 0) is 13.2 Å². The van der Waals surface area contributed by atoms with Gasteiger partial charge in [0.25, 0.3) is 0 Å². The van der Waals surface area contributed by atoms with Crippen molar-refractivity contribution in [3.63, 3.8) is 0 Å². The maximum atomic E-state index is 9.70. The molecule has 0 radical (unpaired) electrons. The van der Waals surface area contributed by atoms with Crippen LogP contribution in [0.2, 0.25) is 0 Å². The monoisotopic (exact) mass is 532 g/mol. The van der Waals surface area contributed by atoms with Crippen LogP contribution in [-0.4, -0.2) is 36.2 Å². The maximum absolute atomic E-state index is 9.70. The van der Waals surface area contributed by atoms with E-state index in [0.717, 1.165) is 22.6 Å². The van der Waals surface area contributed by atoms with Crippen LogP contribution in [0.3, 0.4) is 0 Å². The highest BCUT2D eigenvalue weighted by Gasteiger charge is 2.10. The lowest BCUT2D eigenvalue weighted by molar-refractivity contribution is 0.265. The molecule has 0 fully saturated rings.